The van der Waals surface area contributed by atoms with E-state index in [1.807, 2.05) is 32.9 Å². The largest absolute Gasteiger partial charge is 0.466 e. The summed E-state index contributed by atoms with van der Waals surface area (Å²) >= 11 is 0. The lowest BCUT2D eigenvalue weighted by molar-refractivity contribution is 0.0386. The molecule has 0 bridgehead atoms. The fraction of sp³-hybridized carbons (Fsp3) is 0.476. The van der Waals surface area contributed by atoms with Crippen molar-refractivity contribution in [2.45, 2.75) is 52.6 Å². The molecule has 6 nitrogen and oxygen atoms in total. The van der Waals surface area contributed by atoms with Crippen molar-refractivity contribution in [3.8, 4) is 0 Å². The second-order valence-corrected chi connectivity index (χ2v) is 6.98. The molecule has 0 saturated heterocycles. The van der Waals surface area contributed by atoms with Crippen molar-refractivity contribution < 1.29 is 14.3 Å². The van der Waals surface area contributed by atoms with Gasteiger partial charge >= 0.3 is 0 Å². The number of hydrogen-bond donors (Lipinski definition) is 3. The van der Waals surface area contributed by atoms with Crippen molar-refractivity contribution in [2.24, 2.45) is 4.99 Å². The van der Waals surface area contributed by atoms with Crippen molar-refractivity contribution in [3.05, 3.63) is 59.5 Å². The molecule has 0 aliphatic heterocycles. The number of halogens is 1. The molecule has 7 heteroatoms. The number of furan rings is 1. The Labute approximate surface area is 184 Å². The summed E-state index contributed by atoms with van der Waals surface area (Å²) in [4.78, 5) is 4.62. The Morgan fingerprint density at radius 3 is 2.61 bits per heavy atom. The summed E-state index contributed by atoms with van der Waals surface area (Å²) < 4.78 is 11.0. The van der Waals surface area contributed by atoms with Gasteiger partial charge in [0, 0.05) is 6.54 Å². The molecule has 2 aromatic rings. The minimum atomic E-state index is -1.12. The molecule has 1 unspecified atom stereocenters. The number of aliphatic imine (C=N–C) groups is 1. The van der Waals surface area contributed by atoms with Gasteiger partial charge in [0.1, 0.15) is 11.4 Å². The second kappa shape index (κ2) is 12.1. The minimum Gasteiger partial charge on any atom is -0.466 e. The van der Waals surface area contributed by atoms with Gasteiger partial charge in [-0.1, -0.05) is 24.3 Å². The summed E-state index contributed by atoms with van der Waals surface area (Å²) in [6, 6.07) is 11.8. The first kappa shape index (κ1) is 24.5. The van der Waals surface area contributed by atoms with Gasteiger partial charge in [-0.3, -0.25) is 0 Å². The summed E-state index contributed by atoms with van der Waals surface area (Å²) in [7, 11) is 0. The van der Waals surface area contributed by atoms with Gasteiger partial charge < -0.3 is 24.9 Å². The van der Waals surface area contributed by atoms with Gasteiger partial charge in [0.15, 0.2) is 5.96 Å². The first-order valence-electron chi connectivity index (χ1n) is 9.38. The van der Waals surface area contributed by atoms with E-state index in [1.165, 1.54) is 0 Å². The Bertz CT molecular complexity index is 715. The lowest BCUT2D eigenvalue weighted by Crippen LogP contribution is -2.44. The third-order valence-electron chi connectivity index (χ3n) is 3.99. The zero-order valence-electron chi connectivity index (χ0n) is 17.1. The van der Waals surface area contributed by atoms with E-state index >= 15 is 0 Å². The fourth-order valence-corrected chi connectivity index (χ4v) is 2.52. The van der Waals surface area contributed by atoms with Crippen molar-refractivity contribution >= 4 is 29.9 Å². The molecule has 156 valence electrons. The standard InChI is InChI=1S/C21H31N3O3.HI/c1-5-22-20(24-15-21(4,25)19-10-7-11-26-19)23-13-17-8-6-9-18(12-17)14-27-16(2)3;/h6-12,16,25H,5,13-15H2,1-4H3,(H2,22,23,24);1H. The first-order valence-corrected chi connectivity index (χ1v) is 9.38. The lowest BCUT2D eigenvalue weighted by atomic mass is 10.0. The number of ether oxygens (including phenoxy) is 1. The molecular formula is C21H32IN3O3. The highest BCUT2D eigenvalue weighted by Crippen LogP contribution is 2.19. The molecule has 0 radical (unpaired) electrons. The Morgan fingerprint density at radius 1 is 1.21 bits per heavy atom. The molecule has 0 saturated carbocycles. The van der Waals surface area contributed by atoms with Gasteiger partial charge in [-0.15, -0.1) is 24.0 Å². The van der Waals surface area contributed by atoms with Gasteiger partial charge in [-0.2, -0.15) is 0 Å². The smallest absolute Gasteiger partial charge is 0.191 e. The van der Waals surface area contributed by atoms with Crippen molar-refractivity contribution in [3.63, 3.8) is 0 Å². The molecule has 3 N–H and O–H groups in total. The van der Waals surface area contributed by atoms with Crippen LogP contribution in [0.5, 0.6) is 0 Å². The molecule has 1 aromatic heterocycles. The SMILES string of the molecule is CCNC(=NCc1cccc(COC(C)C)c1)NCC(C)(O)c1ccco1.I. The maximum atomic E-state index is 10.6. The molecule has 2 rings (SSSR count). The predicted octanol–water partition coefficient (Wildman–Crippen LogP) is 3.79. The molecule has 0 spiro atoms. The molecular weight excluding hydrogens is 469 g/mol. The average Bonchev–Trinajstić information content (AvgIpc) is 3.18. The number of aliphatic hydroxyl groups is 1. The van der Waals surface area contributed by atoms with Crippen LogP contribution in [0.4, 0.5) is 0 Å². The predicted molar refractivity (Wildman–Crippen MR) is 123 cm³/mol. The van der Waals surface area contributed by atoms with E-state index in [0.717, 1.165) is 17.7 Å². The van der Waals surface area contributed by atoms with E-state index in [2.05, 4.69) is 27.8 Å². The van der Waals surface area contributed by atoms with Crippen molar-refractivity contribution in [1.82, 2.24) is 10.6 Å². The molecule has 1 heterocycles. The molecule has 1 aromatic carbocycles. The Morgan fingerprint density at radius 2 is 1.96 bits per heavy atom. The number of nitrogens with zero attached hydrogens (tertiary/aromatic N) is 1. The van der Waals surface area contributed by atoms with Crippen LogP contribution >= 0.6 is 24.0 Å². The zero-order valence-corrected chi connectivity index (χ0v) is 19.4. The van der Waals surface area contributed by atoms with E-state index in [9.17, 15) is 5.11 Å². The molecule has 0 fully saturated rings. The monoisotopic (exact) mass is 501 g/mol. The number of rotatable bonds is 9. The van der Waals surface area contributed by atoms with Crippen LogP contribution in [0, 0.1) is 0 Å². The number of hydrogen-bond acceptors (Lipinski definition) is 4. The van der Waals surface area contributed by atoms with Crippen LogP contribution in [-0.4, -0.2) is 30.3 Å². The number of nitrogens with one attached hydrogen (secondary N) is 2. The van der Waals surface area contributed by atoms with Crippen molar-refractivity contribution in [2.75, 3.05) is 13.1 Å². The van der Waals surface area contributed by atoms with Crippen LogP contribution in [0.15, 0.2) is 52.1 Å². The van der Waals surface area contributed by atoms with Crippen LogP contribution < -0.4 is 10.6 Å². The Hall–Kier alpha value is -1.58. The third-order valence-corrected chi connectivity index (χ3v) is 3.99. The Balaban J connectivity index is 0.00000392. The quantitative estimate of drug-likeness (QED) is 0.277. The van der Waals surface area contributed by atoms with Crippen LogP contribution in [-0.2, 0) is 23.5 Å². The van der Waals surface area contributed by atoms with Crippen LogP contribution in [0.25, 0.3) is 0 Å². The van der Waals surface area contributed by atoms with Gasteiger partial charge in [0.25, 0.3) is 0 Å². The van der Waals surface area contributed by atoms with E-state index < -0.39 is 5.60 Å². The van der Waals surface area contributed by atoms with Crippen LogP contribution in [0.3, 0.4) is 0 Å². The highest BCUT2D eigenvalue weighted by Gasteiger charge is 2.26. The summed E-state index contributed by atoms with van der Waals surface area (Å²) in [5, 5.41) is 16.9. The molecule has 0 aliphatic carbocycles. The second-order valence-electron chi connectivity index (χ2n) is 6.98. The van der Waals surface area contributed by atoms with E-state index in [4.69, 9.17) is 9.15 Å². The normalized spacial score (nSPS) is 13.7. The molecule has 1 atom stereocenters. The zero-order chi connectivity index (χ0) is 19.7. The topological polar surface area (TPSA) is 79.0 Å². The van der Waals surface area contributed by atoms with Crippen LogP contribution in [0.1, 0.15) is 44.6 Å². The number of benzene rings is 1. The van der Waals surface area contributed by atoms with Gasteiger partial charge in [-0.25, -0.2) is 4.99 Å². The minimum absolute atomic E-state index is 0. The summed E-state index contributed by atoms with van der Waals surface area (Å²) in [6.07, 6.45) is 1.76. The first-order chi connectivity index (χ1) is 12.9. The maximum absolute atomic E-state index is 10.6. The lowest BCUT2D eigenvalue weighted by Gasteiger charge is -2.22. The van der Waals surface area contributed by atoms with E-state index in [0.29, 0.717) is 24.9 Å². The number of guanidine groups is 1. The maximum Gasteiger partial charge on any atom is 0.191 e. The molecule has 28 heavy (non-hydrogen) atoms. The van der Waals surface area contributed by atoms with Gasteiger partial charge in [0.2, 0.25) is 0 Å². The molecule has 0 aliphatic rings. The fourth-order valence-electron chi connectivity index (χ4n) is 2.52. The van der Waals surface area contributed by atoms with Gasteiger partial charge in [-0.05, 0) is 51.0 Å². The Kier molecular flexibility index (Phi) is 10.6. The third kappa shape index (κ3) is 8.20. The van der Waals surface area contributed by atoms with Crippen molar-refractivity contribution in [1.29, 1.82) is 0 Å². The van der Waals surface area contributed by atoms with Gasteiger partial charge in [0.05, 0.1) is 32.1 Å². The van der Waals surface area contributed by atoms with Crippen LogP contribution in [0.2, 0.25) is 0 Å². The van der Waals surface area contributed by atoms with E-state index in [1.54, 1.807) is 25.3 Å². The average molecular weight is 501 g/mol. The highest BCUT2D eigenvalue weighted by atomic mass is 127. The summed E-state index contributed by atoms with van der Waals surface area (Å²) in [6.45, 7) is 9.92. The highest BCUT2D eigenvalue weighted by molar-refractivity contribution is 14.0. The molecule has 0 amide bonds. The summed E-state index contributed by atoms with van der Waals surface area (Å²) in [5.41, 5.74) is 1.12. The summed E-state index contributed by atoms with van der Waals surface area (Å²) in [5.74, 6) is 1.16. The van der Waals surface area contributed by atoms with E-state index in [-0.39, 0.29) is 36.6 Å².